The fourth-order valence-corrected chi connectivity index (χ4v) is 10.1. The molecule has 5 aliphatic rings. The van der Waals surface area contributed by atoms with Crippen LogP contribution in [0.4, 0.5) is 10.6 Å². The molecule has 4 N–H and O–H groups in total. The molecular weight excluding hydrogens is 753 g/mol. The minimum Gasteiger partial charge on any atom is -0.496 e. The highest BCUT2D eigenvalue weighted by molar-refractivity contribution is 7.91. The van der Waals surface area contributed by atoms with Crippen LogP contribution >= 0.6 is 0 Å². The van der Waals surface area contributed by atoms with Crippen LogP contribution in [-0.2, 0) is 35.6 Å². The number of pyridine rings is 1. The van der Waals surface area contributed by atoms with E-state index in [-0.39, 0.29) is 37.3 Å². The van der Waals surface area contributed by atoms with Crippen LogP contribution in [0.1, 0.15) is 90.0 Å². The second-order valence-electron chi connectivity index (χ2n) is 17.2. The van der Waals surface area contributed by atoms with Gasteiger partial charge in [0.25, 0.3) is 5.91 Å². The zero-order valence-electron chi connectivity index (χ0n) is 33.4. The lowest BCUT2D eigenvalue weighted by Crippen LogP contribution is -2.59. The molecule has 3 heterocycles. The summed E-state index contributed by atoms with van der Waals surface area (Å²) in [5, 5.41) is 8.96. The Bertz CT molecular complexity index is 2030. The second kappa shape index (κ2) is 16.0. The number of anilines is 1. The summed E-state index contributed by atoms with van der Waals surface area (Å²) in [6.45, 7) is 8.03. The van der Waals surface area contributed by atoms with Crippen molar-refractivity contribution in [2.75, 3.05) is 32.6 Å². The molecule has 57 heavy (non-hydrogen) atoms. The number of nitrogens with zero attached hydrogens (tertiary/aromatic N) is 2. The molecule has 4 amide bonds. The first-order chi connectivity index (χ1) is 27.2. The lowest BCUT2D eigenvalue weighted by atomic mass is 9.83. The molecule has 3 aliphatic carbocycles. The van der Waals surface area contributed by atoms with Gasteiger partial charge in [-0.3, -0.25) is 19.1 Å². The summed E-state index contributed by atoms with van der Waals surface area (Å²) in [5.41, 5.74) is -0.323. The number of hydrogen-bond acceptors (Lipinski definition) is 11. The van der Waals surface area contributed by atoms with Crippen molar-refractivity contribution in [1.82, 2.24) is 25.2 Å². The average molecular weight is 809 g/mol. The van der Waals surface area contributed by atoms with Gasteiger partial charge in [-0.1, -0.05) is 39.2 Å². The molecule has 310 valence electrons. The predicted molar refractivity (Wildman–Crippen MR) is 213 cm³/mol. The highest BCUT2D eigenvalue weighted by Gasteiger charge is 2.62. The first-order valence-corrected chi connectivity index (χ1v) is 21.8. The summed E-state index contributed by atoms with van der Waals surface area (Å²) in [4.78, 5) is 62.8. The van der Waals surface area contributed by atoms with E-state index in [1.54, 1.807) is 20.2 Å². The molecule has 4 fully saturated rings. The van der Waals surface area contributed by atoms with Gasteiger partial charge in [-0.2, -0.15) is 0 Å². The zero-order chi connectivity index (χ0) is 40.7. The number of cyclic esters (lactones) is 1. The molecule has 1 aromatic heterocycles. The van der Waals surface area contributed by atoms with Gasteiger partial charge >= 0.3 is 6.09 Å². The van der Waals surface area contributed by atoms with Gasteiger partial charge in [-0.05, 0) is 74.3 Å². The monoisotopic (exact) mass is 808 g/mol. The number of nitrogens with one attached hydrogen (secondary N) is 4. The van der Waals surface area contributed by atoms with Gasteiger partial charge in [0.2, 0.25) is 21.8 Å². The maximum atomic E-state index is 14.9. The minimum absolute atomic E-state index is 0.00571. The number of amides is 4. The van der Waals surface area contributed by atoms with Crippen molar-refractivity contribution in [2.24, 2.45) is 17.3 Å². The normalized spacial score (nSPS) is 28.2. The Balaban J connectivity index is 1.26. The van der Waals surface area contributed by atoms with Crippen molar-refractivity contribution >= 4 is 50.6 Å². The van der Waals surface area contributed by atoms with Crippen molar-refractivity contribution < 1.29 is 41.8 Å². The number of sulfonamides is 1. The van der Waals surface area contributed by atoms with Crippen LogP contribution < -0.4 is 30.1 Å². The Morgan fingerprint density at radius 1 is 1.09 bits per heavy atom. The topological polar surface area (TPSA) is 194 Å². The molecule has 0 radical (unpaired) electrons. The Hall–Kier alpha value is -4.60. The summed E-state index contributed by atoms with van der Waals surface area (Å²) in [6.07, 6.45) is 7.76. The molecule has 15 nitrogen and oxygen atoms in total. The van der Waals surface area contributed by atoms with Crippen molar-refractivity contribution in [3.05, 3.63) is 36.4 Å². The van der Waals surface area contributed by atoms with Gasteiger partial charge in [0.1, 0.15) is 41.0 Å². The first kappa shape index (κ1) is 40.6. The largest absolute Gasteiger partial charge is 0.496 e. The summed E-state index contributed by atoms with van der Waals surface area (Å²) in [6, 6.07) is 3.60. The summed E-state index contributed by atoms with van der Waals surface area (Å²) >= 11 is 0. The van der Waals surface area contributed by atoms with Crippen LogP contribution in [0.5, 0.6) is 11.5 Å². The molecule has 7 rings (SSSR count). The van der Waals surface area contributed by atoms with E-state index in [1.807, 2.05) is 26.0 Å². The average Bonchev–Trinajstić information content (AvgIpc) is 4.12. The summed E-state index contributed by atoms with van der Waals surface area (Å²) < 4.78 is 46.1. The molecule has 4 bridgehead atoms. The highest BCUT2D eigenvalue weighted by atomic mass is 32.2. The number of methoxy groups -OCH3 is 1. The van der Waals surface area contributed by atoms with E-state index in [4.69, 9.17) is 19.2 Å². The number of benzene rings is 1. The number of alkyl carbamates (subject to hydrolysis) is 1. The van der Waals surface area contributed by atoms with Crippen LogP contribution in [0.2, 0.25) is 0 Å². The van der Waals surface area contributed by atoms with Crippen molar-refractivity contribution in [1.29, 1.82) is 0 Å². The molecular formula is C41H56N6O9S. The number of rotatable bonds is 9. The molecule has 1 saturated heterocycles. The third kappa shape index (κ3) is 8.65. The fraction of sp³-hybridized carbons (Fsp3) is 0.634. The van der Waals surface area contributed by atoms with E-state index in [0.717, 1.165) is 43.1 Å². The van der Waals surface area contributed by atoms with E-state index < -0.39 is 68.7 Å². The summed E-state index contributed by atoms with van der Waals surface area (Å²) in [5.74, 6) is -0.854. The molecule has 2 aliphatic heterocycles. The maximum absolute atomic E-state index is 14.9. The number of ether oxygens (including phenoxy) is 3. The quantitative estimate of drug-likeness (QED) is 0.264. The number of carbonyl (C=O) groups is 4. The number of fused-ring (bicyclic) bond motifs is 3. The van der Waals surface area contributed by atoms with E-state index in [1.165, 1.54) is 11.0 Å². The van der Waals surface area contributed by atoms with E-state index in [2.05, 4.69) is 27.3 Å². The number of aromatic nitrogens is 1. The SMILES string of the molecule is C=CC1C[C@]1(NC(=O)[C@@H]1C[C@@H]2CN1C(=O)[C@H](C1CCCCC1)NC(=O)OCC(C)(C)CCCc1cc3c(cc(NC)nc3cc1OC)O2)C(=O)NS(=O)(=O)C1CC1. The van der Waals surface area contributed by atoms with Crippen LogP contribution in [0.3, 0.4) is 0 Å². The van der Waals surface area contributed by atoms with E-state index >= 15 is 0 Å². The van der Waals surface area contributed by atoms with Crippen LogP contribution in [0.15, 0.2) is 30.9 Å². The van der Waals surface area contributed by atoms with Crippen molar-refractivity contribution in [3.63, 3.8) is 0 Å². The molecule has 3 saturated carbocycles. The zero-order valence-corrected chi connectivity index (χ0v) is 34.2. The number of carbonyl (C=O) groups excluding carboxylic acids is 4. The molecule has 1 unspecified atom stereocenters. The molecule has 2 aromatic rings. The number of aryl methyl sites for hydroxylation is 1. The Morgan fingerprint density at radius 2 is 1.84 bits per heavy atom. The number of hydrogen-bond donors (Lipinski definition) is 4. The standard InChI is InChI=1S/C41H56N6O9S/c1-6-26-21-41(26,38(50)46-57(52,53)28-14-15-28)45-36(48)31-18-27-22-47(31)37(49)35(24-11-8-7-9-12-24)44-39(51)55-23-40(2,3)16-10-13-25-17-29-30(19-32(25)54-5)43-34(42-4)20-33(29)56-27/h6,17,19-20,24,26-28,31,35H,1,7-16,18,21-23H2,2-5H3,(H,42,43)(H,44,51)(H,45,48)(H,46,50)/t26?,27-,31+,35+,41-/m1/s1. The highest BCUT2D eigenvalue weighted by Crippen LogP contribution is 2.46. The Kier molecular flexibility index (Phi) is 11.4. The second-order valence-corrected chi connectivity index (χ2v) is 19.2. The molecule has 16 heteroatoms. The molecule has 5 atom stereocenters. The lowest BCUT2D eigenvalue weighted by Gasteiger charge is -2.35. The molecule has 1 aromatic carbocycles. The molecule has 0 spiro atoms. The third-order valence-electron chi connectivity index (χ3n) is 12.4. The fourth-order valence-electron chi connectivity index (χ4n) is 8.74. The summed E-state index contributed by atoms with van der Waals surface area (Å²) in [7, 11) is -0.528. The third-order valence-corrected chi connectivity index (χ3v) is 14.2. The Morgan fingerprint density at radius 3 is 2.51 bits per heavy atom. The smallest absolute Gasteiger partial charge is 0.407 e. The van der Waals surface area contributed by atoms with Gasteiger partial charge in [0.15, 0.2) is 0 Å². The lowest BCUT2D eigenvalue weighted by molar-refractivity contribution is -0.142. The van der Waals surface area contributed by atoms with Crippen LogP contribution in [-0.4, -0.2) is 98.4 Å². The van der Waals surface area contributed by atoms with Crippen LogP contribution in [0, 0.1) is 17.3 Å². The van der Waals surface area contributed by atoms with E-state index in [0.29, 0.717) is 54.9 Å². The minimum atomic E-state index is -3.90. The predicted octanol–water partition coefficient (Wildman–Crippen LogP) is 4.34. The maximum Gasteiger partial charge on any atom is 0.407 e. The Labute approximate surface area is 334 Å². The van der Waals surface area contributed by atoms with Gasteiger partial charge in [0, 0.05) is 36.9 Å². The van der Waals surface area contributed by atoms with Crippen molar-refractivity contribution in [2.45, 2.75) is 120 Å². The van der Waals surface area contributed by atoms with Gasteiger partial charge in [-0.25, -0.2) is 18.2 Å². The van der Waals surface area contributed by atoms with E-state index in [9.17, 15) is 27.6 Å². The van der Waals surface area contributed by atoms with Gasteiger partial charge in [0.05, 0.1) is 31.0 Å². The van der Waals surface area contributed by atoms with Crippen molar-refractivity contribution in [3.8, 4) is 11.5 Å². The van der Waals surface area contributed by atoms with Crippen LogP contribution in [0.25, 0.3) is 10.9 Å². The van der Waals surface area contributed by atoms with Gasteiger partial charge < -0.3 is 35.1 Å². The van der Waals surface area contributed by atoms with Gasteiger partial charge in [-0.15, -0.1) is 6.58 Å². The first-order valence-electron chi connectivity index (χ1n) is 20.3.